The molecule has 0 unspecified atom stereocenters. The van der Waals surface area contributed by atoms with Gasteiger partial charge in [0.1, 0.15) is 11.4 Å². The zero-order valence-electron chi connectivity index (χ0n) is 22.3. The van der Waals surface area contributed by atoms with E-state index in [9.17, 15) is 18.4 Å². The van der Waals surface area contributed by atoms with E-state index in [1.54, 1.807) is 23.1 Å². The number of hydrogen-bond acceptors (Lipinski definition) is 8. The molecule has 1 fully saturated rings. The highest BCUT2D eigenvalue weighted by Gasteiger charge is 2.48. The molecule has 2 heterocycles. The minimum absolute atomic E-state index is 0.143. The Morgan fingerprint density at radius 2 is 1.97 bits per heavy atom. The lowest BCUT2D eigenvalue weighted by Gasteiger charge is -2.35. The average Bonchev–Trinajstić information content (AvgIpc) is 2.97. The minimum Gasteiger partial charge on any atom is -0.495 e. The van der Waals surface area contributed by atoms with Crippen LogP contribution in [0.25, 0.3) is 0 Å². The van der Waals surface area contributed by atoms with Crippen LogP contribution in [-0.4, -0.2) is 86.5 Å². The van der Waals surface area contributed by atoms with Crippen molar-refractivity contribution in [2.75, 3.05) is 63.0 Å². The van der Waals surface area contributed by atoms with E-state index < -0.39 is 18.4 Å². The summed E-state index contributed by atoms with van der Waals surface area (Å²) in [5, 5.41) is 5.95. The quantitative estimate of drug-likeness (QED) is 0.535. The van der Waals surface area contributed by atoms with Crippen molar-refractivity contribution >= 4 is 35.0 Å². The van der Waals surface area contributed by atoms with Crippen LogP contribution < -0.4 is 25.2 Å². The molecule has 0 bridgehead atoms. The molecule has 10 nitrogen and oxygen atoms in total. The number of nitrogens with zero attached hydrogens (tertiary/aromatic N) is 5. The van der Waals surface area contributed by atoms with Gasteiger partial charge in [0.2, 0.25) is 5.95 Å². The summed E-state index contributed by atoms with van der Waals surface area (Å²) in [5.41, 5.74) is 1.17. The molecule has 2 amide bonds. The van der Waals surface area contributed by atoms with Gasteiger partial charge in [0.25, 0.3) is 11.8 Å². The molecule has 1 aliphatic carbocycles. The number of nitrogens with one attached hydrogen (secondary N) is 2. The third-order valence-electron chi connectivity index (χ3n) is 6.94. The molecule has 2 N–H and O–H groups in total. The Labute approximate surface area is 221 Å². The number of aromatic nitrogens is 2. The minimum atomic E-state index is -3.55. The van der Waals surface area contributed by atoms with Crippen molar-refractivity contribution in [1.82, 2.24) is 20.2 Å². The molecule has 1 aliphatic heterocycles. The highest BCUT2D eigenvalue weighted by Crippen LogP contribution is 2.39. The maximum atomic E-state index is 14.9. The Kier molecular flexibility index (Phi) is 8.29. The Morgan fingerprint density at radius 3 is 2.66 bits per heavy atom. The highest BCUT2D eigenvalue weighted by atomic mass is 19.3. The molecule has 0 saturated heterocycles. The van der Waals surface area contributed by atoms with E-state index in [0.717, 1.165) is 37.0 Å². The van der Waals surface area contributed by atoms with Gasteiger partial charge in [0, 0.05) is 31.7 Å². The van der Waals surface area contributed by atoms with Gasteiger partial charge in [-0.3, -0.25) is 9.59 Å². The van der Waals surface area contributed by atoms with E-state index in [1.165, 1.54) is 20.4 Å². The number of carbonyl (C=O) groups is 2. The van der Waals surface area contributed by atoms with E-state index in [0.29, 0.717) is 35.9 Å². The van der Waals surface area contributed by atoms with Crippen molar-refractivity contribution in [1.29, 1.82) is 0 Å². The van der Waals surface area contributed by atoms with Gasteiger partial charge >= 0.3 is 5.92 Å². The summed E-state index contributed by atoms with van der Waals surface area (Å²) in [7, 11) is 6.66. The first kappa shape index (κ1) is 27.5. The molecule has 2 aromatic rings. The number of benzene rings is 1. The fourth-order valence-corrected chi connectivity index (χ4v) is 4.83. The summed E-state index contributed by atoms with van der Waals surface area (Å²) in [4.78, 5) is 38.4. The number of likely N-dealkylation sites (N-methyl/N-ethyl adjacent to an activating group) is 1. The lowest BCUT2D eigenvalue weighted by atomic mass is 9.94. The maximum Gasteiger partial charge on any atom is 0.342 e. The first-order valence-electron chi connectivity index (χ1n) is 12.8. The second-order valence-corrected chi connectivity index (χ2v) is 9.99. The highest BCUT2D eigenvalue weighted by molar-refractivity contribution is 6.02. The van der Waals surface area contributed by atoms with Crippen LogP contribution in [0.3, 0.4) is 0 Å². The number of hydrogen-bond donors (Lipinski definition) is 2. The van der Waals surface area contributed by atoms with E-state index >= 15 is 0 Å². The van der Waals surface area contributed by atoms with E-state index in [-0.39, 0.29) is 23.6 Å². The van der Waals surface area contributed by atoms with Gasteiger partial charge in [-0.2, -0.15) is 13.8 Å². The predicted octanol–water partition coefficient (Wildman–Crippen LogP) is 3.27. The largest absolute Gasteiger partial charge is 0.495 e. The van der Waals surface area contributed by atoms with Gasteiger partial charge in [-0.25, -0.2) is 4.98 Å². The van der Waals surface area contributed by atoms with Crippen molar-refractivity contribution in [3.05, 3.63) is 30.0 Å². The Morgan fingerprint density at radius 1 is 1.24 bits per heavy atom. The van der Waals surface area contributed by atoms with Crippen LogP contribution in [-0.2, 0) is 4.79 Å². The predicted molar refractivity (Wildman–Crippen MR) is 142 cm³/mol. The number of amides is 2. The molecule has 4 rings (SSSR count). The lowest BCUT2D eigenvalue weighted by molar-refractivity contribution is -0.140. The molecule has 1 saturated carbocycles. The average molecular weight is 532 g/mol. The molecule has 0 spiro atoms. The normalized spacial score (nSPS) is 17.7. The van der Waals surface area contributed by atoms with Gasteiger partial charge in [-0.1, -0.05) is 19.3 Å². The van der Waals surface area contributed by atoms with Gasteiger partial charge in [0.05, 0.1) is 25.5 Å². The van der Waals surface area contributed by atoms with Crippen LogP contribution >= 0.6 is 0 Å². The first-order chi connectivity index (χ1) is 18.1. The molecule has 38 heavy (non-hydrogen) atoms. The third kappa shape index (κ3) is 5.95. The molecule has 0 radical (unpaired) electrons. The van der Waals surface area contributed by atoms with Crippen LogP contribution in [0.15, 0.2) is 24.4 Å². The van der Waals surface area contributed by atoms with Crippen molar-refractivity contribution in [2.45, 2.75) is 44.1 Å². The van der Waals surface area contributed by atoms with Crippen LogP contribution in [0.1, 0.15) is 42.5 Å². The summed E-state index contributed by atoms with van der Waals surface area (Å²) in [6, 6.07) is 4.80. The smallest absolute Gasteiger partial charge is 0.342 e. The van der Waals surface area contributed by atoms with Crippen molar-refractivity contribution < 1.29 is 23.1 Å². The standard InChI is InChI=1S/C26H35F2N7O3/c1-33(2)13-12-29-23(36)17-10-11-19(21(14-17)38-4)31-25-30-15-20-22(32-25)35(18-8-6-5-7-9-18)16-26(27,28)24(37)34(20)3/h10-11,14-15,18H,5-9,12-13,16H2,1-4H3,(H,29,36)(H,30,31,32). The number of methoxy groups -OCH3 is 1. The van der Waals surface area contributed by atoms with E-state index in [2.05, 4.69) is 20.6 Å². The molecule has 206 valence electrons. The molecular formula is C26H35F2N7O3. The van der Waals surface area contributed by atoms with Crippen molar-refractivity contribution in [2.24, 2.45) is 0 Å². The molecule has 2 aliphatic rings. The second-order valence-electron chi connectivity index (χ2n) is 9.99. The Hall–Kier alpha value is -3.54. The fourth-order valence-electron chi connectivity index (χ4n) is 4.83. The number of halogens is 2. The van der Waals surface area contributed by atoms with Crippen LogP contribution in [0.5, 0.6) is 5.75 Å². The molecule has 1 aromatic carbocycles. The summed E-state index contributed by atoms with van der Waals surface area (Å²) in [6.45, 7) is 0.485. The number of alkyl halides is 2. The Balaban J connectivity index is 1.62. The zero-order chi connectivity index (χ0) is 27.4. The lowest BCUT2D eigenvalue weighted by Crippen LogP contribution is -2.49. The molecule has 0 atom stereocenters. The topological polar surface area (TPSA) is 103 Å². The summed E-state index contributed by atoms with van der Waals surface area (Å²) in [6.07, 6.45) is 5.84. The SMILES string of the molecule is COc1cc(C(=O)NCCN(C)C)ccc1Nc1ncc2c(n1)N(C1CCCCC1)CC(F)(F)C(=O)N2C. The van der Waals surface area contributed by atoms with Crippen LogP contribution in [0, 0.1) is 0 Å². The number of carbonyl (C=O) groups excluding carboxylic acids is 2. The van der Waals surface area contributed by atoms with E-state index in [1.807, 2.05) is 19.0 Å². The molecule has 12 heteroatoms. The second kappa shape index (κ2) is 11.5. The van der Waals surface area contributed by atoms with Crippen molar-refractivity contribution in [3.63, 3.8) is 0 Å². The summed E-state index contributed by atoms with van der Waals surface area (Å²) >= 11 is 0. The van der Waals surface area contributed by atoms with Crippen LogP contribution in [0.4, 0.5) is 31.9 Å². The number of ether oxygens (including phenoxy) is 1. The van der Waals surface area contributed by atoms with Gasteiger partial charge in [-0.15, -0.1) is 0 Å². The third-order valence-corrected chi connectivity index (χ3v) is 6.94. The van der Waals surface area contributed by atoms with E-state index in [4.69, 9.17) is 4.74 Å². The first-order valence-corrected chi connectivity index (χ1v) is 12.8. The summed E-state index contributed by atoms with van der Waals surface area (Å²) < 4.78 is 35.3. The fraction of sp³-hybridized carbons (Fsp3) is 0.538. The van der Waals surface area contributed by atoms with Gasteiger partial charge in [0.15, 0.2) is 5.82 Å². The maximum absolute atomic E-state index is 14.9. The van der Waals surface area contributed by atoms with Crippen molar-refractivity contribution in [3.8, 4) is 5.75 Å². The molecule has 1 aromatic heterocycles. The molecular weight excluding hydrogens is 496 g/mol. The van der Waals surface area contributed by atoms with Gasteiger partial charge in [-0.05, 0) is 45.1 Å². The monoisotopic (exact) mass is 531 g/mol. The number of anilines is 4. The summed E-state index contributed by atoms with van der Waals surface area (Å²) in [5.74, 6) is -4.20. The number of rotatable bonds is 8. The Bertz CT molecular complexity index is 1170. The zero-order valence-corrected chi connectivity index (χ0v) is 22.3. The van der Waals surface area contributed by atoms with Gasteiger partial charge < -0.3 is 30.1 Å². The number of fused-ring (bicyclic) bond motifs is 1. The van der Waals surface area contributed by atoms with Crippen LogP contribution in [0.2, 0.25) is 0 Å².